The number of rotatable bonds is 4. The zero-order valence-corrected chi connectivity index (χ0v) is 13.5. The zero-order chi connectivity index (χ0) is 14.3. The second-order valence-electron chi connectivity index (χ2n) is 7.33. The van der Waals surface area contributed by atoms with Gasteiger partial charge >= 0.3 is 0 Å². The molecule has 3 rings (SSSR count). The van der Waals surface area contributed by atoms with E-state index in [0.29, 0.717) is 24.9 Å². The number of fused-ring (bicyclic) bond motifs is 2. The van der Waals surface area contributed by atoms with Crippen molar-refractivity contribution in [3.05, 3.63) is 0 Å². The normalized spacial score (nSPS) is 37.4. The molecule has 2 bridgehead atoms. The van der Waals surface area contributed by atoms with Crippen LogP contribution in [0.1, 0.15) is 52.4 Å². The SMILES string of the molecule is CC1CCN(S(=O)(=O)N[C@H](C)[C@@H]2C[C@@H]3CC[C@@H]2C3)CC1. The molecule has 4 nitrogen and oxygen atoms in total. The molecule has 1 aliphatic heterocycles. The van der Waals surface area contributed by atoms with Gasteiger partial charge in [0.2, 0.25) is 0 Å². The summed E-state index contributed by atoms with van der Waals surface area (Å²) >= 11 is 0. The minimum atomic E-state index is -3.28. The van der Waals surface area contributed by atoms with E-state index >= 15 is 0 Å². The molecule has 0 amide bonds. The van der Waals surface area contributed by atoms with Crippen LogP contribution in [-0.4, -0.2) is 31.9 Å². The molecule has 1 saturated heterocycles. The highest BCUT2D eigenvalue weighted by molar-refractivity contribution is 7.87. The van der Waals surface area contributed by atoms with Gasteiger partial charge in [0.05, 0.1) is 0 Å². The van der Waals surface area contributed by atoms with Crippen LogP contribution in [0.3, 0.4) is 0 Å². The van der Waals surface area contributed by atoms with Gasteiger partial charge in [-0.15, -0.1) is 0 Å². The standard InChI is InChI=1S/C15H28N2O2S/c1-11-5-7-17(8-6-11)20(18,19)16-12(2)15-10-13-3-4-14(15)9-13/h11-16H,3-10H2,1-2H3/t12-,13-,14-,15+/m1/s1. The molecule has 5 heteroatoms. The van der Waals surface area contributed by atoms with Crippen LogP contribution in [0.4, 0.5) is 0 Å². The molecule has 20 heavy (non-hydrogen) atoms. The largest absolute Gasteiger partial charge is 0.279 e. The van der Waals surface area contributed by atoms with Gasteiger partial charge in [0.25, 0.3) is 10.2 Å². The fraction of sp³-hybridized carbons (Fsp3) is 1.00. The molecule has 0 aromatic rings. The number of hydrogen-bond acceptors (Lipinski definition) is 2. The molecule has 3 fully saturated rings. The van der Waals surface area contributed by atoms with Crippen LogP contribution in [0.25, 0.3) is 0 Å². The van der Waals surface area contributed by atoms with Crippen LogP contribution >= 0.6 is 0 Å². The summed E-state index contributed by atoms with van der Waals surface area (Å²) in [6.07, 6.45) is 7.21. The van der Waals surface area contributed by atoms with E-state index in [0.717, 1.165) is 24.7 Å². The number of hydrogen-bond donors (Lipinski definition) is 1. The van der Waals surface area contributed by atoms with Gasteiger partial charge in [-0.05, 0) is 62.7 Å². The lowest BCUT2D eigenvalue weighted by Crippen LogP contribution is -2.49. The molecule has 3 aliphatic rings. The minimum absolute atomic E-state index is 0.0923. The van der Waals surface area contributed by atoms with Gasteiger partial charge in [-0.25, -0.2) is 0 Å². The number of nitrogens with one attached hydrogen (secondary N) is 1. The Bertz CT molecular complexity index is 443. The molecular weight excluding hydrogens is 272 g/mol. The Morgan fingerprint density at radius 2 is 1.80 bits per heavy atom. The number of nitrogens with zero attached hydrogens (tertiary/aromatic N) is 1. The molecule has 0 aromatic heterocycles. The van der Waals surface area contributed by atoms with Crippen LogP contribution < -0.4 is 4.72 Å². The summed E-state index contributed by atoms with van der Waals surface area (Å²) in [5.74, 6) is 2.85. The van der Waals surface area contributed by atoms with Gasteiger partial charge in [0.1, 0.15) is 0 Å². The topological polar surface area (TPSA) is 49.4 Å². The van der Waals surface area contributed by atoms with Gasteiger partial charge in [0.15, 0.2) is 0 Å². The van der Waals surface area contributed by atoms with Crippen molar-refractivity contribution in [3.8, 4) is 0 Å². The lowest BCUT2D eigenvalue weighted by Gasteiger charge is -2.33. The van der Waals surface area contributed by atoms with Gasteiger partial charge in [0, 0.05) is 19.1 Å². The van der Waals surface area contributed by atoms with Crippen molar-refractivity contribution in [1.29, 1.82) is 0 Å². The van der Waals surface area contributed by atoms with Crippen LogP contribution in [0.2, 0.25) is 0 Å². The van der Waals surface area contributed by atoms with E-state index in [1.807, 2.05) is 0 Å². The predicted molar refractivity (Wildman–Crippen MR) is 80.4 cm³/mol. The maximum absolute atomic E-state index is 12.5. The maximum atomic E-state index is 12.5. The zero-order valence-electron chi connectivity index (χ0n) is 12.7. The fourth-order valence-electron chi connectivity index (χ4n) is 4.53. The molecule has 2 aliphatic carbocycles. The summed E-state index contributed by atoms with van der Waals surface area (Å²) in [6.45, 7) is 5.63. The predicted octanol–water partition coefficient (Wildman–Crippen LogP) is 2.38. The first kappa shape index (κ1) is 14.8. The summed E-state index contributed by atoms with van der Waals surface area (Å²) in [4.78, 5) is 0. The smallest absolute Gasteiger partial charge is 0.199 e. The lowest BCUT2D eigenvalue weighted by molar-refractivity contribution is 0.261. The third kappa shape index (κ3) is 2.90. The first-order valence-corrected chi connectivity index (χ1v) is 9.67. The lowest BCUT2D eigenvalue weighted by atomic mass is 9.84. The molecule has 1 heterocycles. The molecule has 1 N–H and O–H groups in total. The van der Waals surface area contributed by atoms with Crippen LogP contribution in [-0.2, 0) is 10.2 Å². The van der Waals surface area contributed by atoms with Crippen molar-refractivity contribution in [2.24, 2.45) is 23.7 Å². The van der Waals surface area contributed by atoms with Gasteiger partial charge in [-0.3, -0.25) is 0 Å². The summed E-state index contributed by atoms with van der Waals surface area (Å²) in [5, 5.41) is 0. The summed E-state index contributed by atoms with van der Waals surface area (Å²) in [5.41, 5.74) is 0. The molecule has 116 valence electrons. The Balaban J connectivity index is 1.58. The van der Waals surface area contributed by atoms with Crippen molar-refractivity contribution in [2.45, 2.75) is 58.4 Å². The Morgan fingerprint density at radius 3 is 2.35 bits per heavy atom. The molecule has 4 atom stereocenters. The van der Waals surface area contributed by atoms with E-state index in [9.17, 15) is 8.42 Å². The van der Waals surface area contributed by atoms with Gasteiger partial charge < -0.3 is 0 Å². The van der Waals surface area contributed by atoms with E-state index in [4.69, 9.17) is 0 Å². The van der Waals surface area contributed by atoms with Crippen molar-refractivity contribution >= 4 is 10.2 Å². The maximum Gasteiger partial charge on any atom is 0.279 e. The number of piperidine rings is 1. The Hall–Kier alpha value is -0.130. The quantitative estimate of drug-likeness (QED) is 0.866. The van der Waals surface area contributed by atoms with E-state index in [1.54, 1.807) is 4.31 Å². The Kier molecular flexibility index (Phi) is 4.13. The van der Waals surface area contributed by atoms with E-state index in [2.05, 4.69) is 18.6 Å². The first-order chi connectivity index (χ1) is 9.45. The average molecular weight is 300 g/mol. The highest BCUT2D eigenvalue weighted by Crippen LogP contribution is 2.49. The van der Waals surface area contributed by atoms with Gasteiger partial charge in [-0.2, -0.15) is 17.4 Å². The molecular formula is C15H28N2O2S. The molecule has 0 spiro atoms. The van der Waals surface area contributed by atoms with E-state index in [1.165, 1.54) is 25.7 Å². The molecule has 0 aromatic carbocycles. The third-order valence-electron chi connectivity index (χ3n) is 5.85. The molecule has 2 saturated carbocycles. The van der Waals surface area contributed by atoms with Crippen molar-refractivity contribution in [2.75, 3.05) is 13.1 Å². The van der Waals surface area contributed by atoms with Gasteiger partial charge in [-0.1, -0.05) is 13.3 Å². The highest BCUT2D eigenvalue weighted by atomic mass is 32.2. The first-order valence-electron chi connectivity index (χ1n) is 8.23. The molecule has 0 unspecified atom stereocenters. The summed E-state index contributed by atoms with van der Waals surface area (Å²) < 4.78 is 29.6. The molecule has 0 radical (unpaired) electrons. The highest BCUT2D eigenvalue weighted by Gasteiger charge is 2.43. The second kappa shape index (κ2) is 5.58. The van der Waals surface area contributed by atoms with Crippen LogP contribution in [0.5, 0.6) is 0 Å². The van der Waals surface area contributed by atoms with Crippen molar-refractivity contribution < 1.29 is 8.42 Å². The van der Waals surface area contributed by atoms with Crippen molar-refractivity contribution in [3.63, 3.8) is 0 Å². The monoisotopic (exact) mass is 300 g/mol. The minimum Gasteiger partial charge on any atom is -0.199 e. The fourth-order valence-corrected chi connectivity index (χ4v) is 6.01. The van der Waals surface area contributed by atoms with Crippen LogP contribution in [0, 0.1) is 23.7 Å². The third-order valence-corrected chi connectivity index (χ3v) is 7.57. The van der Waals surface area contributed by atoms with E-state index < -0.39 is 10.2 Å². The van der Waals surface area contributed by atoms with Crippen molar-refractivity contribution in [1.82, 2.24) is 9.03 Å². The Morgan fingerprint density at radius 1 is 1.10 bits per heavy atom. The van der Waals surface area contributed by atoms with Crippen LogP contribution in [0.15, 0.2) is 0 Å². The summed E-state index contributed by atoms with van der Waals surface area (Å²) in [6, 6.07) is 0.0923. The summed E-state index contributed by atoms with van der Waals surface area (Å²) in [7, 11) is -3.28. The average Bonchev–Trinajstić information content (AvgIpc) is 3.01. The van der Waals surface area contributed by atoms with E-state index in [-0.39, 0.29) is 6.04 Å². The second-order valence-corrected chi connectivity index (χ2v) is 9.03. The Labute approximate surface area is 123 Å².